The Labute approximate surface area is 106 Å². The van der Waals surface area contributed by atoms with Gasteiger partial charge in [-0.3, -0.25) is 0 Å². The van der Waals surface area contributed by atoms with E-state index < -0.39 is 5.97 Å². The highest BCUT2D eigenvalue weighted by Crippen LogP contribution is 2.39. The molecule has 1 saturated carbocycles. The minimum atomic E-state index is -0.817. The fourth-order valence-electron chi connectivity index (χ4n) is 2.98. The summed E-state index contributed by atoms with van der Waals surface area (Å²) in [4.78, 5) is 11.1. The molecule has 0 aromatic carbocycles. The Morgan fingerprint density at radius 2 is 2.18 bits per heavy atom. The van der Waals surface area contributed by atoms with Crippen molar-refractivity contribution < 1.29 is 9.90 Å². The number of nitrogens with zero attached hydrogens (tertiary/aromatic N) is 1. The Morgan fingerprint density at radius 1 is 1.47 bits per heavy atom. The fraction of sp³-hybridized carbons (Fsp3) is 0.615. The number of carboxylic acids is 1. The molecule has 3 nitrogen and oxygen atoms in total. The first-order chi connectivity index (χ1) is 8.06. The van der Waals surface area contributed by atoms with Crippen molar-refractivity contribution in [3.05, 3.63) is 23.0 Å². The third-order valence-corrected chi connectivity index (χ3v) is 4.92. The molecule has 0 aliphatic heterocycles. The van der Waals surface area contributed by atoms with E-state index in [1.54, 1.807) is 6.07 Å². The van der Waals surface area contributed by atoms with Crippen LogP contribution in [0, 0.1) is 13.8 Å². The number of hydrogen-bond donors (Lipinski definition) is 1. The molecule has 1 aliphatic rings. The van der Waals surface area contributed by atoms with Crippen LogP contribution >= 0.6 is 11.8 Å². The van der Waals surface area contributed by atoms with Gasteiger partial charge >= 0.3 is 5.97 Å². The molecule has 1 aliphatic carbocycles. The molecule has 1 heterocycles. The average molecular weight is 253 g/mol. The zero-order valence-corrected chi connectivity index (χ0v) is 11.4. The second-order valence-corrected chi connectivity index (χ2v) is 5.81. The summed E-state index contributed by atoms with van der Waals surface area (Å²) in [5.41, 5.74) is 2.43. The SMILES string of the molecule is CSC1CCCC1n1c(C)cc(C(=O)O)c1C. The molecule has 0 bridgehead atoms. The lowest BCUT2D eigenvalue weighted by Crippen LogP contribution is -2.18. The van der Waals surface area contributed by atoms with Gasteiger partial charge in [-0.05, 0) is 39.0 Å². The number of aryl methyl sites for hydroxylation is 1. The normalized spacial score (nSPS) is 24.2. The predicted octanol–water partition coefficient (Wildman–Crippen LogP) is 3.26. The van der Waals surface area contributed by atoms with Crippen LogP contribution in [-0.2, 0) is 0 Å². The third kappa shape index (κ3) is 2.10. The Bertz CT molecular complexity index is 439. The van der Waals surface area contributed by atoms with Gasteiger partial charge in [0.25, 0.3) is 0 Å². The molecule has 1 fully saturated rings. The number of aromatic carboxylic acids is 1. The first kappa shape index (κ1) is 12.6. The van der Waals surface area contributed by atoms with Crippen molar-refractivity contribution in [3.63, 3.8) is 0 Å². The number of carbonyl (C=O) groups is 1. The van der Waals surface area contributed by atoms with Gasteiger partial charge in [0.15, 0.2) is 0 Å². The maximum atomic E-state index is 11.1. The zero-order chi connectivity index (χ0) is 12.6. The van der Waals surface area contributed by atoms with Crippen LogP contribution in [0.3, 0.4) is 0 Å². The molecule has 0 radical (unpaired) electrons. The molecule has 2 rings (SSSR count). The molecule has 94 valence electrons. The average Bonchev–Trinajstić information content (AvgIpc) is 2.83. The summed E-state index contributed by atoms with van der Waals surface area (Å²) in [5.74, 6) is -0.817. The quantitative estimate of drug-likeness (QED) is 0.899. The fourth-order valence-corrected chi connectivity index (χ4v) is 3.96. The number of rotatable bonds is 3. The molecular weight excluding hydrogens is 234 g/mol. The van der Waals surface area contributed by atoms with Crippen molar-refractivity contribution in [2.75, 3.05) is 6.26 Å². The number of aromatic nitrogens is 1. The van der Waals surface area contributed by atoms with Crippen LogP contribution in [0.1, 0.15) is 47.1 Å². The monoisotopic (exact) mass is 253 g/mol. The van der Waals surface area contributed by atoms with E-state index in [1.165, 1.54) is 19.3 Å². The van der Waals surface area contributed by atoms with E-state index in [0.717, 1.165) is 11.4 Å². The molecule has 0 saturated heterocycles. The number of thioether (sulfide) groups is 1. The van der Waals surface area contributed by atoms with Crippen molar-refractivity contribution in [2.45, 2.75) is 44.4 Å². The molecular formula is C13H19NO2S. The van der Waals surface area contributed by atoms with Gasteiger partial charge in [0.1, 0.15) is 0 Å². The molecule has 17 heavy (non-hydrogen) atoms. The Balaban J connectivity index is 2.41. The Morgan fingerprint density at radius 3 is 2.71 bits per heavy atom. The van der Waals surface area contributed by atoms with Gasteiger partial charge in [-0.1, -0.05) is 6.42 Å². The maximum Gasteiger partial charge on any atom is 0.337 e. The number of hydrogen-bond acceptors (Lipinski definition) is 2. The van der Waals surface area contributed by atoms with Gasteiger partial charge in [-0.25, -0.2) is 4.79 Å². The second-order valence-electron chi connectivity index (χ2n) is 4.73. The summed E-state index contributed by atoms with van der Waals surface area (Å²) in [7, 11) is 0. The summed E-state index contributed by atoms with van der Waals surface area (Å²) in [6.45, 7) is 3.93. The summed E-state index contributed by atoms with van der Waals surface area (Å²) >= 11 is 1.90. The molecule has 4 heteroatoms. The van der Waals surface area contributed by atoms with E-state index in [0.29, 0.717) is 16.9 Å². The highest BCUT2D eigenvalue weighted by molar-refractivity contribution is 7.99. The number of carboxylic acid groups (broad SMARTS) is 1. The molecule has 1 aromatic heterocycles. The third-order valence-electron chi connectivity index (χ3n) is 3.77. The second kappa shape index (κ2) is 4.77. The van der Waals surface area contributed by atoms with Crippen molar-refractivity contribution in [2.24, 2.45) is 0 Å². The zero-order valence-electron chi connectivity index (χ0n) is 10.6. The first-order valence-electron chi connectivity index (χ1n) is 6.00. The molecule has 0 amide bonds. The van der Waals surface area contributed by atoms with Crippen molar-refractivity contribution in [1.82, 2.24) is 4.57 Å². The van der Waals surface area contributed by atoms with E-state index in [2.05, 4.69) is 10.8 Å². The van der Waals surface area contributed by atoms with Crippen molar-refractivity contribution in [1.29, 1.82) is 0 Å². The summed E-state index contributed by atoms with van der Waals surface area (Å²) in [5, 5.41) is 9.78. The van der Waals surface area contributed by atoms with Crippen molar-refractivity contribution in [3.8, 4) is 0 Å². The molecule has 2 atom stereocenters. The smallest absolute Gasteiger partial charge is 0.337 e. The summed E-state index contributed by atoms with van der Waals surface area (Å²) in [6, 6.07) is 2.27. The first-order valence-corrected chi connectivity index (χ1v) is 7.29. The molecule has 1 aromatic rings. The van der Waals surface area contributed by atoms with Crippen molar-refractivity contribution >= 4 is 17.7 Å². The lowest BCUT2D eigenvalue weighted by molar-refractivity contribution is 0.0696. The van der Waals surface area contributed by atoms with Crippen LogP contribution in [0.15, 0.2) is 6.07 Å². The lowest BCUT2D eigenvalue weighted by Gasteiger charge is -2.23. The van der Waals surface area contributed by atoms with E-state index in [1.807, 2.05) is 25.6 Å². The van der Waals surface area contributed by atoms with Gasteiger partial charge < -0.3 is 9.67 Å². The van der Waals surface area contributed by atoms with E-state index in [9.17, 15) is 4.79 Å². The van der Waals surface area contributed by atoms with Crippen LogP contribution < -0.4 is 0 Å². The topological polar surface area (TPSA) is 42.2 Å². The Hall–Kier alpha value is -0.900. The standard InChI is InChI=1S/C13H19NO2S/c1-8-7-10(13(15)16)9(2)14(8)11-5-4-6-12(11)17-3/h7,11-12H,4-6H2,1-3H3,(H,15,16). The largest absolute Gasteiger partial charge is 0.478 e. The summed E-state index contributed by atoms with van der Waals surface area (Å²) < 4.78 is 2.23. The maximum absolute atomic E-state index is 11.1. The highest BCUT2D eigenvalue weighted by atomic mass is 32.2. The minimum Gasteiger partial charge on any atom is -0.478 e. The molecule has 0 spiro atoms. The van der Waals surface area contributed by atoms with Crippen LogP contribution in [-0.4, -0.2) is 27.1 Å². The highest BCUT2D eigenvalue weighted by Gasteiger charge is 2.30. The van der Waals surface area contributed by atoms with Gasteiger partial charge in [-0.15, -0.1) is 0 Å². The van der Waals surface area contributed by atoms with E-state index >= 15 is 0 Å². The van der Waals surface area contributed by atoms with Gasteiger partial charge in [0.2, 0.25) is 0 Å². The predicted molar refractivity (Wildman–Crippen MR) is 71.1 cm³/mol. The van der Waals surface area contributed by atoms with Gasteiger partial charge in [0, 0.05) is 22.7 Å². The van der Waals surface area contributed by atoms with Gasteiger partial charge in [-0.2, -0.15) is 11.8 Å². The summed E-state index contributed by atoms with van der Waals surface area (Å²) in [6.07, 6.45) is 5.80. The Kier molecular flexibility index (Phi) is 3.52. The van der Waals surface area contributed by atoms with Crippen LogP contribution in [0.25, 0.3) is 0 Å². The van der Waals surface area contributed by atoms with Crippen LogP contribution in [0.5, 0.6) is 0 Å². The van der Waals surface area contributed by atoms with Crippen LogP contribution in [0.4, 0.5) is 0 Å². The lowest BCUT2D eigenvalue weighted by atomic mass is 10.2. The van der Waals surface area contributed by atoms with Gasteiger partial charge in [0.05, 0.1) is 5.56 Å². The molecule has 2 unspecified atom stereocenters. The van der Waals surface area contributed by atoms with E-state index in [4.69, 9.17) is 5.11 Å². The van der Waals surface area contributed by atoms with Crippen LogP contribution in [0.2, 0.25) is 0 Å². The minimum absolute atomic E-state index is 0.453. The van der Waals surface area contributed by atoms with E-state index in [-0.39, 0.29) is 0 Å². The molecule has 1 N–H and O–H groups in total.